The maximum atomic E-state index is 12.9. The normalized spacial score (nSPS) is 13.0. The molecule has 0 atom stereocenters. The molecule has 3 aromatic rings. The number of nitrogens with zero attached hydrogens (tertiary/aromatic N) is 2. The van der Waals surface area contributed by atoms with Crippen LogP contribution in [0.2, 0.25) is 0 Å². The van der Waals surface area contributed by atoms with Gasteiger partial charge in [0, 0.05) is 29.7 Å². The van der Waals surface area contributed by atoms with Crippen LogP contribution in [0, 0.1) is 0 Å². The molecule has 0 unspecified atom stereocenters. The Bertz CT molecular complexity index is 1120. The van der Waals surface area contributed by atoms with Gasteiger partial charge < -0.3 is 14.8 Å². The smallest absolute Gasteiger partial charge is 0.257 e. The van der Waals surface area contributed by atoms with Crippen LogP contribution in [-0.4, -0.2) is 23.6 Å². The van der Waals surface area contributed by atoms with E-state index in [1.54, 1.807) is 12.4 Å². The maximum absolute atomic E-state index is 12.9. The lowest BCUT2D eigenvalue weighted by Crippen LogP contribution is -2.36. The van der Waals surface area contributed by atoms with Gasteiger partial charge in [0.15, 0.2) is 11.5 Å². The number of amides is 1. The van der Waals surface area contributed by atoms with Gasteiger partial charge in [0.05, 0.1) is 6.54 Å². The molecule has 164 valence electrons. The molecule has 0 aliphatic carbocycles. The minimum absolute atomic E-state index is 0.0209. The van der Waals surface area contributed by atoms with Crippen LogP contribution in [0.3, 0.4) is 0 Å². The molecule has 2 N–H and O–H groups in total. The second kappa shape index (κ2) is 9.09. The quantitative estimate of drug-likeness (QED) is 0.470. The molecular formula is C25H26N4O3. The molecule has 0 saturated carbocycles. The fourth-order valence-corrected chi connectivity index (χ4v) is 3.18. The largest absolute Gasteiger partial charge is 0.454 e. The lowest BCUT2D eigenvalue weighted by molar-refractivity contribution is 0.0977. The van der Waals surface area contributed by atoms with Crippen molar-refractivity contribution in [3.63, 3.8) is 0 Å². The van der Waals surface area contributed by atoms with Crippen LogP contribution in [0.1, 0.15) is 42.3 Å². The summed E-state index contributed by atoms with van der Waals surface area (Å²) in [5.41, 5.74) is 3.45. The van der Waals surface area contributed by atoms with Crippen molar-refractivity contribution in [1.29, 1.82) is 0 Å². The highest BCUT2D eigenvalue weighted by molar-refractivity contribution is 6.10. The Kier molecular flexibility index (Phi) is 6.07. The third kappa shape index (κ3) is 5.24. The summed E-state index contributed by atoms with van der Waals surface area (Å²) in [4.78, 5) is 21.5. The number of carbonyl (C=O) groups is 1. The summed E-state index contributed by atoms with van der Waals surface area (Å²) in [6.45, 7) is 7.01. The Balaban J connectivity index is 1.53. The van der Waals surface area contributed by atoms with Crippen LogP contribution in [0.4, 0.5) is 5.69 Å². The molecule has 1 aliphatic rings. The van der Waals surface area contributed by atoms with Gasteiger partial charge in [-0.05, 0) is 52.9 Å². The van der Waals surface area contributed by atoms with Crippen molar-refractivity contribution in [1.82, 2.24) is 10.3 Å². The number of pyridine rings is 1. The summed E-state index contributed by atoms with van der Waals surface area (Å²) in [6, 6.07) is 16.9. The summed E-state index contributed by atoms with van der Waals surface area (Å²) < 4.78 is 10.8. The van der Waals surface area contributed by atoms with Crippen LogP contribution in [-0.2, 0) is 12.0 Å². The summed E-state index contributed by atoms with van der Waals surface area (Å²) in [5.74, 6) is 1.43. The van der Waals surface area contributed by atoms with E-state index in [9.17, 15) is 4.79 Å². The molecule has 0 radical (unpaired) electrons. The van der Waals surface area contributed by atoms with E-state index >= 15 is 0 Å². The third-order valence-corrected chi connectivity index (χ3v) is 5.05. The predicted molar refractivity (Wildman–Crippen MR) is 124 cm³/mol. The fourth-order valence-electron chi connectivity index (χ4n) is 3.18. The maximum Gasteiger partial charge on any atom is 0.257 e. The van der Waals surface area contributed by atoms with Gasteiger partial charge in [-0.15, -0.1) is 0 Å². The molecule has 7 nitrogen and oxygen atoms in total. The number of hydrogen-bond acceptors (Lipinski definition) is 5. The zero-order valence-electron chi connectivity index (χ0n) is 18.4. The average molecular weight is 431 g/mol. The first-order chi connectivity index (χ1) is 15.4. The van der Waals surface area contributed by atoms with Crippen LogP contribution in [0.25, 0.3) is 0 Å². The van der Waals surface area contributed by atoms with E-state index in [0.717, 1.165) is 11.3 Å². The van der Waals surface area contributed by atoms with Crippen molar-refractivity contribution < 1.29 is 14.3 Å². The Morgan fingerprint density at radius 2 is 1.72 bits per heavy atom. The SMILES string of the molecule is CC(C)(C)c1ccc(C(=O)NC(=NCc2ccncc2)Nc2ccc3c(c2)OCO3)cc1. The lowest BCUT2D eigenvalue weighted by Gasteiger charge is -2.19. The zero-order valence-corrected chi connectivity index (χ0v) is 18.4. The molecule has 4 rings (SSSR count). The van der Waals surface area contributed by atoms with Crippen molar-refractivity contribution in [2.24, 2.45) is 4.99 Å². The number of hydrogen-bond donors (Lipinski definition) is 2. The monoisotopic (exact) mass is 430 g/mol. The van der Waals surface area contributed by atoms with Crippen molar-refractivity contribution in [2.75, 3.05) is 12.1 Å². The number of benzene rings is 2. The van der Waals surface area contributed by atoms with E-state index in [1.165, 1.54) is 5.56 Å². The van der Waals surface area contributed by atoms with E-state index in [-0.39, 0.29) is 18.1 Å². The van der Waals surface area contributed by atoms with Crippen molar-refractivity contribution >= 4 is 17.6 Å². The topological polar surface area (TPSA) is 84.8 Å². The third-order valence-electron chi connectivity index (χ3n) is 5.05. The van der Waals surface area contributed by atoms with Crippen LogP contribution < -0.4 is 20.1 Å². The number of fused-ring (bicyclic) bond motifs is 1. The summed E-state index contributed by atoms with van der Waals surface area (Å²) in [6.07, 6.45) is 3.43. The van der Waals surface area contributed by atoms with Crippen molar-refractivity contribution in [2.45, 2.75) is 32.7 Å². The number of carbonyl (C=O) groups excluding carboxylic acids is 1. The first-order valence-electron chi connectivity index (χ1n) is 10.4. The highest BCUT2D eigenvalue weighted by atomic mass is 16.7. The molecule has 1 aliphatic heterocycles. The standard InChI is InChI=1S/C25H26N4O3/c1-25(2,3)19-6-4-18(5-7-19)23(30)29-24(27-15-17-10-12-26-13-11-17)28-20-8-9-21-22(14-20)32-16-31-21/h4-14H,15-16H2,1-3H3,(H2,27,28,29,30). The van der Waals surface area contributed by atoms with Crippen LogP contribution >= 0.6 is 0 Å². The second-order valence-corrected chi connectivity index (χ2v) is 8.49. The molecule has 32 heavy (non-hydrogen) atoms. The minimum Gasteiger partial charge on any atom is -0.454 e. The molecular weight excluding hydrogens is 404 g/mol. The number of ether oxygens (including phenoxy) is 2. The highest BCUT2D eigenvalue weighted by Gasteiger charge is 2.17. The Morgan fingerprint density at radius 3 is 2.44 bits per heavy atom. The van der Waals surface area contributed by atoms with Gasteiger partial charge in [-0.3, -0.25) is 15.1 Å². The van der Waals surface area contributed by atoms with E-state index in [2.05, 4.69) is 41.4 Å². The molecule has 2 heterocycles. The van der Waals surface area contributed by atoms with Crippen molar-refractivity contribution in [3.8, 4) is 11.5 Å². The molecule has 0 fully saturated rings. The molecule has 0 spiro atoms. The van der Waals surface area contributed by atoms with Gasteiger partial charge in [-0.2, -0.15) is 0 Å². The zero-order chi connectivity index (χ0) is 22.6. The summed E-state index contributed by atoms with van der Waals surface area (Å²) in [7, 11) is 0. The second-order valence-electron chi connectivity index (χ2n) is 8.49. The molecule has 0 saturated heterocycles. The van der Waals surface area contributed by atoms with E-state index in [1.807, 2.05) is 54.6 Å². The van der Waals surface area contributed by atoms with Gasteiger partial charge in [0.25, 0.3) is 5.91 Å². The first-order valence-corrected chi connectivity index (χ1v) is 10.4. The number of aromatic nitrogens is 1. The van der Waals surface area contributed by atoms with E-state index in [4.69, 9.17) is 9.47 Å². The lowest BCUT2D eigenvalue weighted by atomic mass is 9.87. The summed E-state index contributed by atoms with van der Waals surface area (Å²) in [5, 5.41) is 6.07. The predicted octanol–water partition coefficient (Wildman–Crippen LogP) is 4.51. The molecule has 0 bridgehead atoms. The number of nitrogens with one attached hydrogen (secondary N) is 2. The Labute approximate surface area is 187 Å². The van der Waals surface area contributed by atoms with E-state index < -0.39 is 0 Å². The van der Waals surface area contributed by atoms with Crippen LogP contribution in [0.15, 0.2) is 72.0 Å². The molecule has 1 amide bonds. The average Bonchev–Trinajstić information content (AvgIpc) is 3.25. The van der Waals surface area contributed by atoms with Crippen molar-refractivity contribution in [3.05, 3.63) is 83.7 Å². The number of guanidine groups is 1. The van der Waals surface area contributed by atoms with Gasteiger partial charge in [-0.1, -0.05) is 32.9 Å². The van der Waals surface area contributed by atoms with Gasteiger partial charge in [0.1, 0.15) is 0 Å². The molecule has 7 heteroatoms. The Hall–Kier alpha value is -3.87. The van der Waals surface area contributed by atoms with Gasteiger partial charge >= 0.3 is 0 Å². The van der Waals surface area contributed by atoms with Crippen LogP contribution in [0.5, 0.6) is 11.5 Å². The summed E-state index contributed by atoms with van der Waals surface area (Å²) >= 11 is 0. The molecule has 1 aromatic heterocycles. The molecule has 2 aromatic carbocycles. The first kappa shape index (κ1) is 21.4. The minimum atomic E-state index is -0.243. The number of anilines is 1. The number of rotatable bonds is 4. The van der Waals surface area contributed by atoms with Gasteiger partial charge in [-0.25, -0.2) is 4.99 Å². The highest BCUT2D eigenvalue weighted by Crippen LogP contribution is 2.34. The fraction of sp³-hybridized carbons (Fsp3) is 0.240. The Morgan fingerprint density at radius 1 is 1.00 bits per heavy atom. The van der Waals surface area contributed by atoms with Gasteiger partial charge in [0.2, 0.25) is 12.8 Å². The number of aliphatic imine (C=N–C) groups is 1. The van der Waals surface area contributed by atoms with E-state index in [0.29, 0.717) is 29.6 Å².